The minimum atomic E-state index is -0.513. The Kier molecular flexibility index (Phi) is 4.07. The summed E-state index contributed by atoms with van der Waals surface area (Å²) < 4.78 is 13.7. The summed E-state index contributed by atoms with van der Waals surface area (Å²) in [5.74, 6) is -0.883. The van der Waals surface area contributed by atoms with Crippen molar-refractivity contribution in [2.45, 2.75) is 13.3 Å². The van der Waals surface area contributed by atoms with Crippen LogP contribution < -0.4 is 5.32 Å². The first-order chi connectivity index (χ1) is 6.66. The fourth-order valence-corrected chi connectivity index (χ4v) is 1.38. The molecule has 2 nitrogen and oxygen atoms in total. The highest BCUT2D eigenvalue weighted by molar-refractivity contribution is 9.10. The van der Waals surface area contributed by atoms with Crippen molar-refractivity contribution in [3.63, 3.8) is 0 Å². The highest BCUT2D eigenvalue weighted by atomic mass is 79.9. The number of hydrogen-bond donors (Lipinski definition) is 1. The Morgan fingerprint density at radius 1 is 1.57 bits per heavy atom. The van der Waals surface area contributed by atoms with Crippen LogP contribution in [0.1, 0.15) is 23.7 Å². The molecule has 1 rings (SSSR count). The quantitative estimate of drug-likeness (QED) is 0.889. The number of rotatable bonds is 3. The average molecular weight is 260 g/mol. The molecule has 0 heterocycles. The van der Waals surface area contributed by atoms with Crippen LogP contribution in [0.3, 0.4) is 0 Å². The topological polar surface area (TPSA) is 29.1 Å². The lowest BCUT2D eigenvalue weighted by Gasteiger charge is -2.05. The van der Waals surface area contributed by atoms with Gasteiger partial charge in [0.1, 0.15) is 5.82 Å². The SMILES string of the molecule is CCCNC(=O)c1cccc(Br)c1F. The van der Waals surface area contributed by atoms with Gasteiger partial charge in [0.05, 0.1) is 10.0 Å². The van der Waals surface area contributed by atoms with Crippen LogP contribution in [0.4, 0.5) is 4.39 Å². The van der Waals surface area contributed by atoms with Crippen molar-refractivity contribution in [2.24, 2.45) is 0 Å². The van der Waals surface area contributed by atoms with Crippen molar-refractivity contribution in [1.82, 2.24) is 5.32 Å². The minimum absolute atomic E-state index is 0.0767. The standard InChI is InChI=1S/C10H11BrFNO/c1-2-6-13-10(14)7-4-3-5-8(11)9(7)12/h3-5H,2,6H2,1H3,(H,13,14). The fraction of sp³-hybridized carbons (Fsp3) is 0.300. The second-order valence-electron chi connectivity index (χ2n) is 2.86. The maximum Gasteiger partial charge on any atom is 0.254 e. The van der Waals surface area contributed by atoms with Crippen LogP contribution in [0.5, 0.6) is 0 Å². The number of amides is 1. The van der Waals surface area contributed by atoms with Gasteiger partial charge in [-0.3, -0.25) is 4.79 Å². The van der Waals surface area contributed by atoms with Crippen LogP contribution in [0.15, 0.2) is 22.7 Å². The molecule has 0 atom stereocenters. The van der Waals surface area contributed by atoms with Crippen LogP contribution >= 0.6 is 15.9 Å². The van der Waals surface area contributed by atoms with Crippen molar-refractivity contribution >= 4 is 21.8 Å². The van der Waals surface area contributed by atoms with E-state index in [4.69, 9.17) is 0 Å². The Morgan fingerprint density at radius 3 is 2.93 bits per heavy atom. The highest BCUT2D eigenvalue weighted by Gasteiger charge is 2.12. The van der Waals surface area contributed by atoms with Gasteiger partial charge in [-0.1, -0.05) is 13.0 Å². The van der Waals surface area contributed by atoms with Gasteiger partial charge in [-0.2, -0.15) is 0 Å². The van der Waals surface area contributed by atoms with E-state index >= 15 is 0 Å². The van der Waals surface area contributed by atoms with Gasteiger partial charge >= 0.3 is 0 Å². The van der Waals surface area contributed by atoms with Crippen LogP contribution in [-0.4, -0.2) is 12.5 Å². The van der Waals surface area contributed by atoms with Gasteiger partial charge in [-0.25, -0.2) is 4.39 Å². The molecule has 0 saturated carbocycles. The summed E-state index contributed by atoms with van der Waals surface area (Å²) in [6.45, 7) is 2.50. The molecular formula is C10H11BrFNO. The maximum atomic E-state index is 13.4. The minimum Gasteiger partial charge on any atom is -0.352 e. The summed E-state index contributed by atoms with van der Waals surface area (Å²) >= 11 is 3.03. The van der Waals surface area contributed by atoms with Crippen LogP contribution in [0.25, 0.3) is 0 Å². The van der Waals surface area contributed by atoms with Gasteiger partial charge in [-0.05, 0) is 34.5 Å². The molecule has 1 aromatic rings. The zero-order valence-corrected chi connectivity index (χ0v) is 9.40. The summed E-state index contributed by atoms with van der Waals surface area (Å²) in [7, 11) is 0. The average Bonchev–Trinajstić information content (AvgIpc) is 2.18. The molecule has 1 aromatic carbocycles. The molecule has 0 unspecified atom stereocenters. The monoisotopic (exact) mass is 259 g/mol. The lowest BCUT2D eigenvalue weighted by atomic mass is 10.2. The maximum absolute atomic E-state index is 13.4. The molecule has 0 spiro atoms. The molecule has 14 heavy (non-hydrogen) atoms. The van der Waals surface area contributed by atoms with Crippen molar-refractivity contribution in [3.8, 4) is 0 Å². The molecule has 0 aliphatic heterocycles. The largest absolute Gasteiger partial charge is 0.352 e. The van der Waals surface area contributed by atoms with Crippen LogP contribution in [0.2, 0.25) is 0 Å². The number of nitrogens with one attached hydrogen (secondary N) is 1. The summed E-state index contributed by atoms with van der Waals surface area (Å²) in [5, 5.41) is 2.62. The first kappa shape index (κ1) is 11.2. The number of benzene rings is 1. The van der Waals surface area contributed by atoms with Crippen LogP contribution in [-0.2, 0) is 0 Å². The molecule has 0 saturated heterocycles. The third kappa shape index (κ3) is 2.54. The second-order valence-corrected chi connectivity index (χ2v) is 3.71. The highest BCUT2D eigenvalue weighted by Crippen LogP contribution is 2.18. The molecule has 1 N–H and O–H groups in total. The van der Waals surface area contributed by atoms with Gasteiger partial charge in [0.15, 0.2) is 0 Å². The van der Waals surface area contributed by atoms with E-state index in [0.29, 0.717) is 11.0 Å². The molecule has 0 fully saturated rings. The zero-order valence-electron chi connectivity index (χ0n) is 7.81. The lowest BCUT2D eigenvalue weighted by Crippen LogP contribution is -2.25. The Hall–Kier alpha value is -0.900. The van der Waals surface area contributed by atoms with Gasteiger partial charge in [0.2, 0.25) is 0 Å². The molecular weight excluding hydrogens is 249 g/mol. The Bertz CT molecular complexity index is 341. The fourth-order valence-electron chi connectivity index (χ4n) is 1.01. The first-order valence-electron chi connectivity index (χ1n) is 4.39. The molecule has 1 amide bonds. The van der Waals surface area contributed by atoms with E-state index in [2.05, 4.69) is 21.2 Å². The van der Waals surface area contributed by atoms with Gasteiger partial charge in [0.25, 0.3) is 5.91 Å². The lowest BCUT2D eigenvalue weighted by molar-refractivity contribution is 0.0949. The summed E-state index contributed by atoms with van der Waals surface area (Å²) in [6.07, 6.45) is 0.835. The molecule has 0 aliphatic carbocycles. The smallest absolute Gasteiger partial charge is 0.254 e. The Morgan fingerprint density at radius 2 is 2.29 bits per heavy atom. The number of hydrogen-bond acceptors (Lipinski definition) is 1. The molecule has 0 radical (unpaired) electrons. The third-order valence-electron chi connectivity index (χ3n) is 1.73. The number of carbonyl (C=O) groups is 1. The molecule has 0 aromatic heterocycles. The van der Waals surface area contributed by atoms with E-state index in [-0.39, 0.29) is 11.5 Å². The van der Waals surface area contributed by atoms with Crippen LogP contribution in [0, 0.1) is 5.82 Å². The zero-order chi connectivity index (χ0) is 10.6. The third-order valence-corrected chi connectivity index (χ3v) is 2.34. The van der Waals surface area contributed by atoms with E-state index in [1.165, 1.54) is 6.07 Å². The normalized spacial score (nSPS) is 9.93. The van der Waals surface area contributed by atoms with E-state index in [9.17, 15) is 9.18 Å². The summed E-state index contributed by atoms with van der Waals surface area (Å²) in [4.78, 5) is 11.4. The van der Waals surface area contributed by atoms with E-state index < -0.39 is 5.82 Å². The first-order valence-corrected chi connectivity index (χ1v) is 5.18. The van der Waals surface area contributed by atoms with Gasteiger partial charge < -0.3 is 5.32 Å². The summed E-state index contributed by atoms with van der Waals surface area (Å²) in [5.41, 5.74) is 0.0767. The van der Waals surface area contributed by atoms with Crippen molar-refractivity contribution in [1.29, 1.82) is 0 Å². The van der Waals surface area contributed by atoms with Crippen molar-refractivity contribution < 1.29 is 9.18 Å². The molecule has 4 heteroatoms. The molecule has 0 bridgehead atoms. The second kappa shape index (κ2) is 5.10. The Labute approximate surface area is 90.6 Å². The number of carbonyl (C=O) groups excluding carboxylic acids is 1. The molecule has 76 valence electrons. The van der Waals surface area contributed by atoms with E-state index in [0.717, 1.165) is 6.42 Å². The predicted molar refractivity (Wildman–Crippen MR) is 56.7 cm³/mol. The Balaban J connectivity index is 2.84. The van der Waals surface area contributed by atoms with Crippen molar-refractivity contribution in [3.05, 3.63) is 34.1 Å². The van der Waals surface area contributed by atoms with E-state index in [1.807, 2.05) is 6.92 Å². The van der Waals surface area contributed by atoms with Gasteiger partial charge in [0, 0.05) is 6.54 Å². The summed E-state index contributed by atoms with van der Waals surface area (Å²) in [6, 6.07) is 4.66. The molecule has 0 aliphatic rings. The predicted octanol–water partition coefficient (Wildman–Crippen LogP) is 2.73. The number of halogens is 2. The van der Waals surface area contributed by atoms with Crippen molar-refractivity contribution in [2.75, 3.05) is 6.54 Å². The van der Waals surface area contributed by atoms with Gasteiger partial charge in [-0.15, -0.1) is 0 Å². The van der Waals surface area contributed by atoms with E-state index in [1.54, 1.807) is 12.1 Å².